The van der Waals surface area contributed by atoms with Gasteiger partial charge in [0.1, 0.15) is 11.5 Å². The Bertz CT molecular complexity index is 431. The topological polar surface area (TPSA) is 83.7 Å². The van der Waals surface area contributed by atoms with Crippen molar-refractivity contribution in [2.75, 3.05) is 20.3 Å². The summed E-state index contributed by atoms with van der Waals surface area (Å²) in [5.74, 6) is 1.62. The van der Waals surface area contributed by atoms with E-state index in [1.807, 2.05) is 26.8 Å². The molecular weight excluding hydrogens is 260 g/mol. The van der Waals surface area contributed by atoms with E-state index in [-0.39, 0.29) is 24.7 Å². The van der Waals surface area contributed by atoms with Gasteiger partial charge in [-0.3, -0.25) is 0 Å². The van der Waals surface area contributed by atoms with Gasteiger partial charge < -0.3 is 24.9 Å². The van der Waals surface area contributed by atoms with Crippen molar-refractivity contribution in [2.45, 2.75) is 39.3 Å². The van der Waals surface area contributed by atoms with Crippen molar-refractivity contribution in [3.63, 3.8) is 0 Å². The van der Waals surface area contributed by atoms with E-state index < -0.39 is 0 Å². The number of rotatable bonds is 7. The number of nitrogens with one attached hydrogen (secondary N) is 2. The number of ether oxygens (including phenoxy) is 1. The van der Waals surface area contributed by atoms with E-state index in [1.165, 1.54) is 0 Å². The molecule has 20 heavy (non-hydrogen) atoms. The summed E-state index contributed by atoms with van der Waals surface area (Å²) in [6.45, 7) is 6.00. The first-order chi connectivity index (χ1) is 9.47. The van der Waals surface area contributed by atoms with E-state index in [9.17, 15) is 9.90 Å². The predicted molar refractivity (Wildman–Crippen MR) is 75.6 cm³/mol. The van der Waals surface area contributed by atoms with Gasteiger partial charge in [-0.25, -0.2) is 4.79 Å². The molecule has 1 rings (SSSR count). The summed E-state index contributed by atoms with van der Waals surface area (Å²) in [6.07, 6.45) is 0.568. The van der Waals surface area contributed by atoms with Gasteiger partial charge >= 0.3 is 6.03 Å². The SMILES string of the molecule is COCC[C@H](CO)NC(=O)N[C@H](C)c1cc(C)oc1C. The highest BCUT2D eigenvalue weighted by atomic mass is 16.5. The minimum Gasteiger partial charge on any atom is -0.466 e. The molecule has 0 aliphatic heterocycles. The van der Waals surface area contributed by atoms with Crippen molar-refractivity contribution >= 4 is 6.03 Å². The first-order valence-electron chi connectivity index (χ1n) is 6.71. The molecule has 0 saturated carbocycles. The molecule has 3 N–H and O–H groups in total. The van der Waals surface area contributed by atoms with E-state index in [1.54, 1.807) is 7.11 Å². The number of furan rings is 1. The lowest BCUT2D eigenvalue weighted by molar-refractivity contribution is 0.159. The number of carbonyl (C=O) groups excluding carboxylic acids is 1. The van der Waals surface area contributed by atoms with Gasteiger partial charge in [-0.1, -0.05) is 0 Å². The lowest BCUT2D eigenvalue weighted by atomic mass is 10.1. The molecule has 0 aliphatic carbocycles. The van der Waals surface area contributed by atoms with Gasteiger partial charge in [0.2, 0.25) is 0 Å². The highest BCUT2D eigenvalue weighted by Gasteiger charge is 2.17. The van der Waals surface area contributed by atoms with Crippen molar-refractivity contribution in [1.29, 1.82) is 0 Å². The van der Waals surface area contributed by atoms with Crippen LogP contribution in [0.1, 0.15) is 36.5 Å². The number of aryl methyl sites for hydroxylation is 2. The first-order valence-corrected chi connectivity index (χ1v) is 6.71. The molecule has 114 valence electrons. The van der Waals surface area contributed by atoms with Crippen LogP contribution in [0.4, 0.5) is 4.79 Å². The number of aliphatic hydroxyl groups excluding tert-OH is 1. The summed E-state index contributed by atoms with van der Waals surface area (Å²) in [5.41, 5.74) is 0.954. The Labute approximate surface area is 119 Å². The molecule has 2 atom stereocenters. The fourth-order valence-corrected chi connectivity index (χ4v) is 2.05. The van der Waals surface area contributed by atoms with Gasteiger partial charge in [0.25, 0.3) is 0 Å². The fourth-order valence-electron chi connectivity index (χ4n) is 2.05. The zero-order chi connectivity index (χ0) is 15.1. The Morgan fingerprint density at radius 1 is 1.45 bits per heavy atom. The molecule has 1 heterocycles. The molecule has 0 fully saturated rings. The van der Waals surface area contributed by atoms with E-state index in [0.717, 1.165) is 17.1 Å². The zero-order valence-electron chi connectivity index (χ0n) is 12.5. The molecule has 0 unspecified atom stereocenters. The fraction of sp³-hybridized carbons (Fsp3) is 0.643. The summed E-state index contributed by atoms with van der Waals surface area (Å²) >= 11 is 0. The quantitative estimate of drug-likeness (QED) is 0.711. The maximum atomic E-state index is 11.9. The van der Waals surface area contributed by atoms with Crippen molar-refractivity contribution < 1.29 is 19.1 Å². The summed E-state index contributed by atoms with van der Waals surface area (Å²) in [5, 5.41) is 14.7. The number of amides is 2. The summed E-state index contributed by atoms with van der Waals surface area (Å²) in [4.78, 5) is 11.9. The second-order valence-electron chi connectivity index (χ2n) is 4.87. The first kappa shape index (κ1) is 16.5. The standard InChI is InChI=1S/C14H24N2O4/c1-9-7-13(11(3)20-9)10(2)15-14(18)16-12(8-17)5-6-19-4/h7,10,12,17H,5-6,8H2,1-4H3,(H2,15,16,18)/t10-,12-/m1/s1. The van der Waals surface area contributed by atoms with Crippen LogP contribution in [-0.4, -0.2) is 37.5 Å². The Morgan fingerprint density at radius 2 is 2.15 bits per heavy atom. The highest BCUT2D eigenvalue weighted by molar-refractivity contribution is 5.74. The van der Waals surface area contributed by atoms with Gasteiger partial charge in [0.15, 0.2) is 0 Å². The molecule has 6 nitrogen and oxygen atoms in total. The number of hydrogen-bond acceptors (Lipinski definition) is 4. The molecule has 0 aromatic carbocycles. The maximum Gasteiger partial charge on any atom is 0.315 e. The smallest absolute Gasteiger partial charge is 0.315 e. The molecule has 1 aromatic heterocycles. The van der Waals surface area contributed by atoms with Gasteiger partial charge in [-0.05, 0) is 33.3 Å². The number of carbonyl (C=O) groups is 1. The predicted octanol–water partition coefficient (Wildman–Crippen LogP) is 1.65. The van der Waals surface area contributed by atoms with Crippen LogP contribution in [-0.2, 0) is 4.74 Å². The third-order valence-electron chi connectivity index (χ3n) is 3.12. The zero-order valence-corrected chi connectivity index (χ0v) is 12.5. The van der Waals surface area contributed by atoms with E-state index >= 15 is 0 Å². The normalized spacial score (nSPS) is 13.8. The second kappa shape index (κ2) is 7.91. The molecular formula is C14H24N2O4. The maximum absolute atomic E-state index is 11.9. The lowest BCUT2D eigenvalue weighted by Gasteiger charge is -2.19. The third-order valence-corrected chi connectivity index (χ3v) is 3.12. The Morgan fingerprint density at radius 3 is 2.65 bits per heavy atom. The van der Waals surface area contributed by atoms with E-state index in [2.05, 4.69) is 10.6 Å². The highest BCUT2D eigenvalue weighted by Crippen LogP contribution is 2.20. The van der Waals surface area contributed by atoms with Crippen LogP contribution in [0.2, 0.25) is 0 Å². The van der Waals surface area contributed by atoms with Crippen LogP contribution in [0, 0.1) is 13.8 Å². The molecule has 0 aliphatic rings. The van der Waals surface area contributed by atoms with Crippen LogP contribution in [0.25, 0.3) is 0 Å². The molecule has 0 saturated heterocycles. The second-order valence-corrected chi connectivity index (χ2v) is 4.87. The number of urea groups is 1. The molecule has 0 spiro atoms. The van der Waals surface area contributed by atoms with Gasteiger partial charge in [-0.15, -0.1) is 0 Å². The van der Waals surface area contributed by atoms with Crippen molar-refractivity contribution in [1.82, 2.24) is 10.6 Å². The Hall–Kier alpha value is -1.53. The summed E-state index contributed by atoms with van der Waals surface area (Å²) < 4.78 is 10.4. The molecule has 0 radical (unpaired) electrons. The number of methoxy groups -OCH3 is 1. The monoisotopic (exact) mass is 284 g/mol. The summed E-state index contributed by atoms with van der Waals surface area (Å²) in [7, 11) is 1.58. The van der Waals surface area contributed by atoms with Crippen LogP contribution >= 0.6 is 0 Å². The van der Waals surface area contributed by atoms with Gasteiger partial charge in [0, 0.05) is 19.3 Å². The van der Waals surface area contributed by atoms with Crippen LogP contribution in [0.3, 0.4) is 0 Å². The van der Waals surface area contributed by atoms with E-state index in [0.29, 0.717) is 13.0 Å². The average Bonchev–Trinajstić information content (AvgIpc) is 2.73. The van der Waals surface area contributed by atoms with Crippen LogP contribution in [0.5, 0.6) is 0 Å². The van der Waals surface area contributed by atoms with Crippen LogP contribution < -0.4 is 10.6 Å². The largest absolute Gasteiger partial charge is 0.466 e. The molecule has 0 bridgehead atoms. The minimum absolute atomic E-state index is 0.116. The summed E-state index contributed by atoms with van der Waals surface area (Å²) in [6, 6.07) is 1.13. The molecule has 6 heteroatoms. The van der Waals surface area contributed by atoms with E-state index in [4.69, 9.17) is 9.15 Å². The number of hydrogen-bond donors (Lipinski definition) is 3. The van der Waals surface area contributed by atoms with Crippen LogP contribution in [0.15, 0.2) is 10.5 Å². The Balaban J connectivity index is 2.50. The number of aliphatic hydroxyl groups is 1. The van der Waals surface area contributed by atoms with Crippen molar-refractivity contribution in [2.24, 2.45) is 0 Å². The lowest BCUT2D eigenvalue weighted by Crippen LogP contribution is -2.45. The third kappa shape index (κ3) is 4.86. The van der Waals surface area contributed by atoms with Gasteiger partial charge in [0.05, 0.1) is 18.7 Å². The Kier molecular flexibility index (Phi) is 6.54. The molecule has 2 amide bonds. The van der Waals surface area contributed by atoms with Gasteiger partial charge in [-0.2, -0.15) is 0 Å². The van der Waals surface area contributed by atoms with Crippen molar-refractivity contribution in [3.05, 3.63) is 23.2 Å². The average molecular weight is 284 g/mol. The minimum atomic E-state index is -0.314. The van der Waals surface area contributed by atoms with Crippen molar-refractivity contribution in [3.8, 4) is 0 Å². The molecule has 1 aromatic rings.